The Hall–Kier alpha value is -1.06. The molecule has 0 aromatic heterocycles. The van der Waals surface area contributed by atoms with E-state index in [2.05, 4.69) is 0 Å². The fourth-order valence-corrected chi connectivity index (χ4v) is 1.50. The van der Waals surface area contributed by atoms with Gasteiger partial charge in [-0.05, 0) is 34.1 Å². The van der Waals surface area contributed by atoms with Crippen molar-refractivity contribution in [3.8, 4) is 0 Å². The highest BCUT2D eigenvalue weighted by Gasteiger charge is 2.25. The molecule has 0 saturated heterocycles. The van der Waals surface area contributed by atoms with Gasteiger partial charge in [-0.2, -0.15) is 0 Å². The van der Waals surface area contributed by atoms with E-state index < -0.39 is 5.60 Å². The predicted molar refractivity (Wildman–Crippen MR) is 65.5 cm³/mol. The first-order valence-electron chi connectivity index (χ1n) is 6.18. The van der Waals surface area contributed by atoms with Crippen molar-refractivity contribution in [3.63, 3.8) is 0 Å². The van der Waals surface area contributed by atoms with Crippen LogP contribution >= 0.6 is 0 Å². The minimum absolute atomic E-state index is 0.101. The minimum atomic E-state index is -0.511. The second-order valence-electron chi connectivity index (χ2n) is 5.03. The average Bonchev–Trinajstić information content (AvgIpc) is 2.14. The number of carbonyl (C=O) groups is 2. The van der Waals surface area contributed by atoms with Gasteiger partial charge in [-0.15, -0.1) is 0 Å². The molecular weight excluding hydrogens is 220 g/mol. The summed E-state index contributed by atoms with van der Waals surface area (Å²) >= 11 is 0. The van der Waals surface area contributed by atoms with Crippen molar-refractivity contribution in [1.29, 1.82) is 0 Å². The maximum atomic E-state index is 11.6. The van der Waals surface area contributed by atoms with Gasteiger partial charge in [0.25, 0.3) is 0 Å². The summed E-state index contributed by atoms with van der Waals surface area (Å²) in [5.74, 6) is -1.03. The lowest BCUT2D eigenvalue weighted by Crippen LogP contribution is -2.28. The van der Waals surface area contributed by atoms with E-state index in [9.17, 15) is 9.59 Å². The molecule has 4 heteroatoms. The number of carbonyl (C=O) groups excluding carboxylic acids is 2. The lowest BCUT2D eigenvalue weighted by molar-refractivity contribution is -0.161. The molecule has 0 aliphatic carbocycles. The van der Waals surface area contributed by atoms with Crippen molar-refractivity contribution in [2.24, 2.45) is 5.92 Å². The van der Waals surface area contributed by atoms with Gasteiger partial charge in [-0.1, -0.05) is 13.3 Å². The molecule has 0 N–H and O–H groups in total. The van der Waals surface area contributed by atoms with Gasteiger partial charge in [-0.25, -0.2) is 0 Å². The van der Waals surface area contributed by atoms with Crippen LogP contribution in [0.1, 0.15) is 53.9 Å². The Bertz CT molecular complexity index is 253. The molecule has 0 aromatic carbocycles. The second kappa shape index (κ2) is 7.30. The molecule has 17 heavy (non-hydrogen) atoms. The summed E-state index contributed by atoms with van der Waals surface area (Å²) in [6.45, 7) is 9.50. The van der Waals surface area contributed by atoms with E-state index in [0.717, 1.165) is 6.42 Å². The van der Waals surface area contributed by atoms with E-state index in [1.807, 2.05) is 27.7 Å². The van der Waals surface area contributed by atoms with Gasteiger partial charge in [-0.3, -0.25) is 9.59 Å². The van der Waals surface area contributed by atoms with Crippen LogP contribution in [0.3, 0.4) is 0 Å². The first kappa shape index (κ1) is 15.9. The molecule has 0 bridgehead atoms. The molecule has 0 amide bonds. The maximum Gasteiger partial charge on any atom is 0.309 e. The third-order valence-electron chi connectivity index (χ3n) is 2.09. The van der Waals surface area contributed by atoms with Crippen molar-refractivity contribution in [1.82, 2.24) is 0 Å². The lowest BCUT2D eigenvalue weighted by Gasteiger charge is -2.21. The normalized spacial score (nSPS) is 13.0. The first-order chi connectivity index (χ1) is 7.80. The summed E-state index contributed by atoms with van der Waals surface area (Å²) in [5.41, 5.74) is -0.511. The van der Waals surface area contributed by atoms with Crippen molar-refractivity contribution in [2.45, 2.75) is 59.5 Å². The summed E-state index contributed by atoms with van der Waals surface area (Å²) < 4.78 is 10.1. The Kier molecular flexibility index (Phi) is 6.85. The number of esters is 2. The zero-order valence-corrected chi connectivity index (χ0v) is 11.5. The van der Waals surface area contributed by atoms with Crippen molar-refractivity contribution >= 4 is 11.9 Å². The van der Waals surface area contributed by atoms with Crippen LogP contribution in [0.15, 0.2) is 0 Å². The molecule has 0 spiro atoms. The lowest BCUT2D eigenvalue weighted by atomic mass is 10.00. The van der Waals surface area contributed by atoms with E-state index in [4.69, 9.17) is 9.47 Å². The Morgan fingerprint density at radius 1 is 1.18 bits per heavy atom. The molecule has 4 nitrogen and oxygen atoms in total. The zero-order valence-electron chi connectivity index (χ0n) is 11.5. The van der Waals surface area contributed by atoms with Gasteiger partial charge in [0, 0.05) is 0 Å². The van der Waals surface area contributed by atoms with Gasteiger partial charge < -0.3 is 9.47 Å². The van der Waals surface area contributed by atoms with E-state index in [0.29, 0.717) is 13.0 Å². The third-order valence-corrected chi connectivity index (χ3v) is 2.09. The minimum Gasteiger partial charge on any atom is -0.466 e. The standard InChI is InChI=1S/C13H24O4/c1-6-8-10(12(15)16-7-2)9-11(14)17-13(3,4)5/h10H,6-9H2,1-5H3. The van der Waals surface area contributed by atoms with Crippen molar-refractivity contribution in [2.75, 3.05) is 6.61 Å². The molecule has 0 saturated carbocycles. The summed E-state index contributed by atoms with van der Waals surface area (Å²) in [6.07, 6.45) is 1.59. The number of hydrogen-bond donors (Lipinski definition) is 0. The van der Waals surface area contributed by atoms with Gasteiger partial charge in [0.2, 0.25) is 0 Å². The van der Waals surface area contributed by atoms with Crippen molar-refractivity contribution < 1.29 is 19.1 Å². The molecule has 0 aliphatic rings. The molecule has 0 rings (SSSR count). The molecule has 1 unspecified atom stereocenters. The number of hydrogen-bond acceptors (Lipinski definition) is 4. The highest BCUT2D eigenvalue weighted by atomic mass is 16.6. The Balaban J connectivity index is 4.34. The van der Waals surface area contributed by atoms with E-state index in [1.165, 1.54) is 0 Å². The maximum absolute atomic E-state index is 11.6. The Morgan fingerprint density at radius 2 is 1.76 bits per heavy atom. The summed E-state index contributed by atoms with van der Waals surface area (Å²) in [5, 5.41) is 0. The van der Waals surface area contributed by atoms with E-state index in [-0.39, 0.29) is 24.3 Å². The smallest absolute Gasteiger partial charge is 0.309 e. The SMILES string of the molecule is CCCC(CC(=O)OC(C)(C)C)C(=O)OCC. The molecule has 0 aliphatic heterocycles. The monoisotopic (exact) mass is 244 g/mol. The number of ether oxygens (including phenoxy) is 2. The van der Waals surface area contributed by atoms with E-state index >= 15 is 0 Å². The fourth-order valence-electron chi connectivity index (χ4n) is 1.50. The van der Waals surface area contributed by atoms with Crippen LogP contribution in [0, 0.1) is 5.92 Å². The topological polar surface area (TPSA) is 52.6 Å². The molecule has 0 radical (unpaired) electrons. The zero-order chi connectivity index (χ0) is 13.5. The summed E-state index contributed by atoms with van der Waals surface area (Å²) in [7, 11) is 0. The second-order valence-corrected chi connectivity index (χ2v) is 5.03. The quantitative estimate of drug-likeness (QED) is 0.674. The van der Waals surface area contributed by atoms with Crippen LogP contribution in [0.2, 0.25) is 0 Å². The molecule has 100 valence electrons. The van der Waals surface area contributed by atoms with Gasteiger partial charge >= 0.3 is 11.9 Å². The highest BCUT2D eigenvalue weighted by molar-refractivity contribution is 5.80. The number of rotatable bonds is 6. The largest absolute Gasteiger partial charge is 0.466 e. The van der Waals surface area contributed by atoms with Crippen LogP contribution in [-0.4, -0.2) is 24.1 Å². The predicted octanol–water partition coefficient (Wildman–Crippen LogP) is 2.70. The molecule has 0 heterocycles. The van der Waals surface area contributed by atoms with Crippen LogP contribution in [0.5, 0.6) is 0 Å². The molecule has 1 atom stereocenters. The van der Waals surface area contributed by atoms with Gasteiger partial charge in [0.15, 0.2) is 0 Å². The highest BCUT2D eigenvalue weighted by Crippen LogP contribution is 2.17. The Morgan fingerprint density at radius 3 is 2.18 bits per heavy atom. The van der Waals surface area contributed by atoms with Gasteiger partial charge in [0.1, 0.15) is 5.60 Å². The van der Waals surface area contributed by atoms with Crippen LogP contribution in [0.4, 0.5) is 0 Å². The fraction of sp³-hybridized carbons (Fsp3) is 0.846. The summed E-state index contributed by atoms with van der Waals surface area (Å²) in [4.78, 5) is 23.2. The molecular formula is C13H24O4. The average molecular weight is 244 g/mol. The third kappa shape index (κ3) is 7.77. The Labute approximate surface area is 104 Å². The van der Waals surface area contributed by atoms with Crippen LogP contribution < -0.4 is 0 Å². The van der Waals surface area contributed by atoms with Gasteiger partial charge in [0.05, 0.1) is 18.9 Å². The molecule has 0 fully saturated rings. The summed E-state index contributed by atoms with van der Waals surface area (Å²) in [6, 6.07) is 0. The van der Waals surface area contributed by atoms with Crippen LogP contribution in [-0.2, 0) is 19.1 Å². The molecule has 0 aromatic rings. The van der Waals surface area contributed by atoms with Crippen LogP contribution in [0.25, 0.3) is 0 Å². The first-order valence-corrected chi connectivity index (χ1v) is 6.18. The van der Waals surface area contributed by atoms with Crippen molar-refractivity contribution in [3.05, 3.63) is 0 Å². The van der Waals surface area contributed by atoms with E-state index in [1.54, 1.807) is 6.92 Å².